The summed E-state index contributed by atoms with van der Waals surface area (Å²) in [5.41, 5.74) is -3.59. The van der Waals surface area contributed by atoms with Gasteiger partial charge < -0.3 is 4.98 Å². The van der Waals surface area contributed by atoms with Crippen LogP contribution in [0.3, 0.4) is 0 Å². The molecule has 10 nitrogen and oxygen atoms in total. The molecular weight excluding hydrogens is 311 g/mol. The number of hydrogen-bond acceptors (Lipinski definition) is 6. The summed E-state index contributed by atoms with van der Waals surface area (Å²) >= 11 is 0. The highest BCUT2D eigenvalue weighted by Gasteiger charge is 2.19. The minimum atomic E-state index is -3.94. The lowest BCUT2D eigenvalue weighted by atomic mass is 10.2. The SMILES string of the molecule is CS(=O)(=O)Nn1c(=O)[nH]c2cc(F)c([N+](=O)[O-])cc2c1=O. The van der Waals surface area contributed by atoms with E-state index in [9.17, 15) is 32.5 Å². The van der Waals surface area contributed by atoms with Crippen LogP contribution in [-0.2, 0) is 10.0 Å². The predicted molar refractivity (Wildman–Crippen MR) is 69.6 cm³/mol. The van der Waals surface area contributed by atoms with Gasteiger partial charge in [-0.25, -0.2) is 18.0 Å². The number of sulfonamides is 1. The molecule has 0 aliphatic carbocycles. The molecule has 2 N–H and O–H groups in total. The van der Waals surface area contributed by atoms with Crippen molar-refractivity contribution in [1.29, 1.82) is 0 Å². The van der Waals surface area contributed by atoms with Crippen molar-refractivity contribution in [3.63, 3.8) is 0 Å². The average molecular weight is 318 g/mol. The number of benzene rings is 1. The zero-order chi connectivity index (χ0) is 15.9. The van der Waals surface area contributed by atoms with Crippen LogP contribution in [0.25, 0.3) is 10.9 Å². The van der Waals surface area contributed by atoms with Gasteiger partial charge in [-0.3, -0.25) is 14.9 Å². The molecule has 0 saturated carbocycles. The minimum absolute atomic E-state index is 0.124. The van der Waals surface area contributed by atoms with Gasteiger partial charge in [0.2, 0.25) is 15.8 Å². The monoisotopic (exact) mass is 318 g/mol. The summed E-state index contributed by atoms with van der Waals surface area (Å²) in [6.45, 7) is 0. The summed E-state index contributed by atoms with van der Waals surface area (Å²) in [5.74, 6) is -1.24. The summed E-state index contributed by atoms with van der Waals surface area (Å²) in [7, 11) is -3.94. The largest absolute Gasteiger partial charge is 0.348 e. The Hall–Kier alpha value is -2.76. The Morgan fingerprint density at radius 3 is 2.52 bits per heavy atom. The van der Waals surface area contributed by atoms with Gasteiger partial charge in [-0.2, -0.15) is 9.07 Å². The maximum absolute atomic E-state index is 13.4. The molecule has 0 amide bonds. The first-order valence-corrected chi connectivity index (χ1v) is 7.10. The molecular formula is C9H7FN4O6S. The zero-order valence-corrected chi connectivity index (χ0v) is 11.1. The van der Waals surface area contributed by atoms with Crippen LogP contribution in [0.5, 0.6) is 0 Å². The number of aromatic nitrogens is 2. The topological polar surface area (TPSA) is 144 Å². The quantitative estimate of drug-likeness (QED) is 0.562. The predicted octanol–water partition coefficient (Wildman–Crippen LogP) is -0.760. The van der Waals surface area contributed by atoms with Gasteiger partial charge in [-0.1, -0.05) is 0 Å². The van der Waals surface area contributed by atoms with Crippen LogP contribution in [-0.4, -0.2) is 29.3 Å². The number of nitrogens with zero attached hydrogens (tertiary/aromatic N) is 2. The van der Waals surface area contributed by atoms with E-state index in [0.29, 0.717) is 18.4 Å². The van der Waals surface area contributed by atoms with Gasteiger partial charge in [-0.05, 0) is 0 Å². The van der Waals surface area contributed by atoms with Crippen LogP contribution in [0, 0.1) is 15.9 Å². The van der Waals surface area contributed by atoms with Gasteiger partial charge in [0.1, 0.15) is 0 Å². The number of nitrogens with one attached hydrogen (secondary N) is 2. The third-order valence-corrected chi connectivity index (χ3v) is 2.93. The molecule has 0 spiro atoms. The zero-order valence-electron chi connectivity index (χ0n) is 10.3. The molecule has 0 aliphatic heterocycles. The van der Waals surface area contributed by atoms with Crippen molar-refractivity contribution in [2.75, 3.05) is 11.1 Å². The lowest BCUT2D eigenvalue weighted by Crippen LogP contribution is -2.43. The molecule has 0 atom stereocenters. The van der Waals surface area contributed by atoms with Gasteiger partial charge in [0, 0.05) is 12.1 Å². The van der Waals surface area contributed by atoms with Crippen LogP contribution in [0.15, 0.2) is 21.7 Å². The molecule has 112 valence electrons. The number of rotatable bonds is 3. The van der Waals surface area contributed by atoms with Crippen LogP contribution in [0.2, 0.25) is 0 Å². The molecule has 0 aliphatic rings. The lowest BCUT2D eigenvalue weighted by Gasteiger charge is -2.07. The van der Waals surface area contributed by atoms with Crippen LogP contribution >= 0.6 is 0 Å². The van der Waals surface area contributed by atoms with E-state index in [-0.39, 0.29) is 10.2 Å². The second-order valence-electron chi connectivity index (χ2n) is 4.04. The van der Waals surface area contributed by atoms with E-state index in [1.165, 1.54) is 0 Å². The lowest BCUT2D eigenvalue weighted by molar-refractivity contribution is -0.387. The molecule has 21 heavy (non-hydrogen) atoms. The molecule has 0 saturated heterocycles. The Labute approximate surface area is 115 Å². The van der Waals surface area contributed by atoms with Crippen LogP contribution in [0.1, 0.15) is 0 Å². The van der Waals surface area contributed by atoms with E-state index in [2.05, 4.69) is 0 Å². The minimum Gasteiger partial charge on any atom is -0.305 e. The van der Waals surface area contributed by atoms with Crippen molar-refractivity contribution < 1.29 is 17.7 Å². The first-order valence-electron chi connectivity index (χ1n) is 5.21. The van der Waals surface area contributed by atoms with Gasteiger partial charge in [0.15, 0.2) is 0 Å². The number of aromatic amines is 1. The summed E-state index contributed by atoms with van der Waals surface area (Å²) in [5, 5.41) is 10.2. The summed E-state index contributed by atoms with van der Waals surface area (Å²) < 4.78 is 35.7. The Morgan fingerprint density at radius 1 is 1.38 bits per heavy atom. The van der Waals surface area contributed by atoms with E-state index < -0.39 is 43.1 Å². The normalized spacial score (nSPS) is 11.5. The van der Waals surface area contributed by atoms with E-state index >= 15 is 0 Å². The number of H-pyrrole nitrogens is 1. The Balaban J connectivity index is 2.88. The molecule has 0 bridgehead atoms. The first-order chi connectivity index (χ1) is 9.60. The third-order valence-electron chi connectivity index (χ3n) is 2.42. The standard InChI is InChI=1S/C9H7FN4O6S/c1-21(19,20)12-13-8(15)4-2-7(14(17)18)5(10)3-6(4)11-9(13)16/h2-3,12H,1H3,(H,11,16). The summed E-state index contributed by atoms with van der Waals surface area (Å²) in [6, 6.07) is 1.23. The number of nitro groups is 1. The second-order valence-corrected chi connectivity index (χ2v) is 5.77. The fourth-order valence-corrected chi connectivity index (χ4v) is 2.11. The Kier molecular flexibility index (Phi) is 3.25. The maximum Gasteiger partial charge on any atom is 0.348 e. The third kappa shape index (κ3) is 2.74. The van der Waals surface area contributed by atoms with E-state index in [1.807, 2.05) is 4.98 Å². The molecule has 12 heteroatoms. The highest BCUT2D eigenvalue weighted by Crippen LogP contribution is 2.20. The van der Waals surface area contributed by atoms with Crippen molar-refractivity contribution in [1.82, 2.24) is 9.66 Å². The number of hydrogen-bond donors (Lipinski definition) is 2. The Morgan fingerprint density at radius 2 is 2.00 bits per heavy atom. The summed E-state index contributed by atoms with van der Waals surface area (Å²) in [6.07, 6.45) is 0.705. The van der Waals surface area contributed by atoms with Crippen molar-refractivity contribution in [3.8, 4) is 0 Å². The molecule has 0 unspecified atom stereocenters. The molecule has 2 rings (SSSR count). The van der Waals surface area contributed by atoms with Crippen molar-refractivity contribution in [2.45, 2.75) is 0 Å². The maximum atomic E-state index is 13.4. The van der Waals surface area contributed by atoms with Crippen LogP contribution < -0.4 is 16.1 Å². The van der Waals surface area contributed by atoms with Gasteiger partial charge in [0.05, 0.1) is 22.1 Å². The van der Waals surface area contributed by atoms with Crippen molar-refractivity contribution >= 4 is 26.6 Å². The highest BCUT2D eigenvalue weighted by molar-refractivity contribution is 7.91. The molecule has 0 radical (unpaired) electrons. The smallest absolute Gasteiger partial charge is 0.305 e. The second kappa shape index (κ2) is 4.66. The van der Waals surface area contributed by atoms with E-state index in [4.69, 9.17) is 0 Å². The fourth-order valence-electron chi connectivity index (χ4n) is 1.61. The molecule has 1 aromatic carbocycles. The van der Waals surface area contributed by atoms with Gasteiger partial charge in [0.25, 0.3) is 5.56 Å². The van der Waals surface area contributed by atoms with E-state index in [0.717, 1.165) is 0 Å². The van der Waals surface area contributed by atoms with Gasteiger partial charge >= 0.3 is 11.4 Å². The first kappa shape index (κ1) is 14.6. The van der Waals surface area contributed by atoms with Crippen molar-refractivity contribution in [2.24, 2.45) is 0 Å². The fraction of sp³-hybridized carbons (Fsp3) is 0.111. The average Bonchev–Trinajstić information content (AvgIpc) is 2.32. The number of fused-ring (bicyclic) bond motifs is 1. The molecule has 1 heterocycles. The number of halogens is 1. The van der Waals surface area contributed by atoms with E-state index in [1.54, 1.807) is 4.83 Å². The Bertz CT molecular complexity index is 976. The van der Waals surface area contributed by atoms with Crippen molar-refractivity contribution in [3.05, 3.63) is 48.9 Å². The van der Waals surface area contributed by atoms with Crippen LogP contribution in [0.4, 0.5) is 10.1 Å². The summed E-state index contributed by atoms with van der Waals surface area (Å²) in [4.78, 5) is 36.8. The van der Waals surface area contributed by atoms with Gasteiger partial charge in [-0.15, -0.1) is 0 Å². The molecule has 0 fully saturated rings. The molecule has 2 aromatic rings. The number of nitro benzene ring substituents is 1. The highest BCUT2D eigenvalue weighted by atomic mass is 32.2. The molecule has 1 aromatic heterocycles.